The lowest BCUT2D eigenvalue weighted by atomic mass is 10.0. The average molecular weight is 191 g/mol. The van der Waals surface area contributed by atoms with Crippen molar-refractivity contribution in [3.05, 3.63) is 30.2 Å². The minimum absolute atomic E-state index is 0.0190. The first-order chi connectivity index (χ1) is 6.81. The molecule has 0 fully saturated rings. The van der Waals surface area contributed by atoms with E-state index in [1.807, 2.05) is 18.2 Å². The van der Waals surface area contributed by atoms with E-state index in [-0.39, 0.29) is 6.04 Å². The van der Waals surface area contributed by atoms with Gasteiger partial charge in [-0.15, -0.1) is 0 Å². The van der Waals surface area contributed by atoms with E-state index in [1.165, 1.54) is 6.39 Å². The molecule has 1 atom stereocenters. The fraction of sp³-hybridized carbons (Fsp3) is 0.300. The third-order valence-corrected chi connectivity index (χ3v) is 2.26. The highest BCUT2D eigenvalue weighted by Gasteiger charge is 2.06. The molecule has 0 radical (unpaired) electrons. The molecule has 4 heteroatoms. The molecule has 0 amide bonds. The molecule has 1 unspecified atom stereocenters. The summed E-state index contributed by atoms with van der Waals surface area (Å²) < 4.78 is 5.19. The van der Waals surface area contributed by atoms with Crippen LogP contribution in [0.25, 0.3) is 11.1 Å². The number of hydrogen-bond acceptors (Lipinski definition) is 4. The van der Waals surface area contributed by atoms with Gasteiger partial charge in [0.1, 0.15) is 5.52 Å². The van der Waals surface area contributed by atoms with Crippen molar-refractivity contribution in [2.75, 3.05) is 6.54 Å². The first-order valence-electron chi connectivity index (χ1n) is 4.60. The van der Waals surface area contributed by atoms with E-state index in [0.29, 0.717) is 6.54 Å². The second-order valence-corrected chi connectivity index (χ2v) is 3.26. The summed E-state index contributed by atoms with van der Waals surface area (Å²) in [5.74, 6) is 0. The number of nitrogens with zero attached hydrogens (tertiary/aromatic N) is 1. The van der Waals surface area contributed by atoms with Gasteiger partial charge >= 0.3 is 0 Å². The molecule has 14 heavy (non-hydrogen) atoms. The van der Waals surface area contributed by atoms with E-state index in [2.05, 4.69) is 4.98 Å². The van der Waals surface area contributed by atoms with Crippen molar-refractivity contribution < 1.29 is 4.42 Å². The van der Waals surface area contributed by atoms with E-state index >= 15 is 0 Å². The Bertz CT molecular complexity index is 424. The molecule has 2 rings (SSSR count). The van der Waals surface area contributed by atoms with Gasteiger partial charge in [-0.3, -0.25) is 0 Å². The monoisotopic (exact) mass is 191 g/mol. The Morgan fingerprint density at radius 1 is 1.43 bits per heavy atom. The summed E-state index contributed by atoms with van der Waals surface area (Å²) in [6.07, 6.45) is 2.21. The largest absolute Gasteiger partial charge is 0.443 e. The lowest BCUT2D eigenvalue weighted by molar-refractivity contribution is 0.599. The van der Waals surface area contributed by atoms with E-state index in [1.54, 1.807) is 0 Å². The molecule has 1 heterocycles. The predicted octanol–water partition coefficient (Wildman–Crippen LogP) is 1.18. The SMILES string of the molecule is NCCC(N)c1ccc2ncoc2c1. The molecule has 0 spiro atoms. The molecule has 4 N–H and O–H groups in total. The van der Waals surface area contributed by atoms with Crippen LogP contribution in [0.15, 0.2) is 29.0 Å². The van der Waals surface area contributed by atoms with Crippen LogP contribution in [-0.2, 0) is 0 Å². The fourth-order valence-corrected chi connectivity index (χ4v) is 1.45. The first kappa shape index (κ1) is 9.18. The molecule has 1 aromatic heterocycles. The minimum Gasteiger partial charge on any atom is -0.443 e. The quantitative estimate of drug-likeness (QED) is 0.763. The number of fused-ring (bicyclic) bond motifs is 1. The number of nitrogens with two attached hydrogens (primary N) is 2. The number of oxazole rings is 1. The van der Waals surface area contributed by atoms with Crippen molar-refractivity contribution in [2.45, 2.75) is 12.5 Å². The Morgan fingerprint density at radius 2 is 2.29 bits per heavy atom. The number of benzene rings is 1. The molecule has 0 saturated carbocycles. The van der Waals surface area contributed by atoms with Gasteiger partial charge in [-0.2, -0.15) is 0 Å². The summed E-state index contributed by atoms with van der Waals surface area (Å²) in [5, 5.41) is 0. The molecular formula is C10H13N3O. The van der Waals surface area contributed by atoms with Gasteiger partial charge in [0.2, 0.25) is 0 Å². The molecule has 0 bridgehead atoms. The van der Waals surface area contributed by atoms with Crippen LogP contribution in [-0.4, -0.2) is 11.5 Å². The summed E-state index contributed by atoms with van der Waals surface area (Å²) in [6.45, 7) is 0.593. The number of rotatable bonds is 3. The van der Waals surface area contributed by atoms with Crippen LogP contribution in [0.1, 0.15) is 18.0 Å². The summed E-state index contributed by atoms with van der Waals surface area (Å²) in [5.41, 5.74) is 14.0. The molecule has 0 aliphatic heterocycles. The zero-order chi connectivity index (χ0) is 9.97. The molecule has 0 aliphatic carbocycles. The Morgan fingerprint density at radius 3 is 3.07 bits per heavy atom. The van der Waals surface area contributed by atoms with Crippen molar-refractivity contribution in [1.29, 1.82) is 0 Å². The lowest BCUT2D eigenvalue weighted by Crippen LogP contribution is -2.15. The van der Waals surface area contributed by atoms with Crippen LogP contribution in [0.3, 0.4) is 0 Å². The zero-order valence-electron chi connectivity index (χ0n) is 7.81. The highest BCUT2D eigenvalue weighted by Crippen LogP contribution is 2.19. The number of aromatic nitrogens is 1. The Labute approximate surface area is 81.9 Å². The van der Waals surface area contributed by atoms with E-state index in [4.69, 9.17) is 15.9 Å². The topological polar surface area (TPSA) is 78.1 Å². The van der Waals surface area contributed by atoms with Crippen molar-refractivity contribution >= 4 is 11.1 Å². The summed E-state index contributed by atoms with van der Waals surface area (Å²) in [7, 11) is 0. The van der Waals surface area contributed by atoms with E-state index in [9.17, 15) is 0 Å². The highest BCUT2D eigenvalue weighted by molar-refractivity contribution is 5.72. The molecular weight excluding hydrogens is 178 g/mol. The van der Waals surface area contributed by atoms with E-state index in [0.717, 1.165) is 23.1 Å². The van der Waals surface area contributed by atoms with Crippen LogP contribution >= 0.6 is 0 Å². The Kier molecular flexibility index (Phi) is 2.47. The maximum atomic E-state index is 5.92. The third kappa shape index (κ3) is 1.62. The number of hydrogen-bond donors (Lipinski definition) is 2. The standard InChI is InChI=1S/C10H13N3O/c11-4-3-8(12)7-1-2-9-10(5-7)14-6-13-9/h1-2,5-6,8H,3-4,11-12H2. The molecule has 1 aromatic carbocycles. The van der Waals surface area contributed by atoms with E-state index < -0.39 is 0 Å². The first-order valence-corrected chi connectivity index (χ1v) is 4.60. The van der Waals surface area contributed by atoms with Crippen LogP contribution in [0, 0.1) is 0 Å². The van der Waals surface area contributed by atoms with Crippen molar-refractivity contribution in [3.63, 3.8) is 0 Å². The van der Waals surface area contributed by atoms with Crippen LogP contribution < -0.4 is 11.5 Å². The maximum Gasteiger partial charge on any atom is 0.181 e. The average Bonchev–Trinajstić information content (AvgIpc) is 2.64. The van der Waals surface area contributed by atoms with Gasteiger partial charge in [-0.25, -0.2) is 4.98 Å². The van der Waals surface area contributed by atoms with Gasteiger partial charge in [0.15, 0.2) is 12.0 Å². The predicted molar refractivity (Wildman–Crippen MR) is 54.6 cm³/mol. The summed E-state index contributed by atoms with van der Waals surface area (Å²) in [6, 6.07) is 5.77. The second-order valence-electron chi connectivity index (χ2n) is 3.26. The van der Waals surface area contributed by atoms with Gasteiger partial charge in [0.05, 0.1) is 0 Å². The van der Waals surface area contributed by atoms with Gasteiger partial charge in [0.25, 0.3) is 0 Å². The van der Waals surface area contributed by atoms with Gasteiger partial charge in [0, 0.05) is 6.04 Å². The normalized spacial score (nSPS) is 13.3. The lowest BCUT2D eigenvalue weighted by Gasteiger charge is -2.09. The van der Waals surface area contributed by atoms with Gasteiger partial charge in [-0.1, -0.05) is 6.07 Å². The Balaban J connectivity index is 2.33. The van der Waals surface area contributed by atoms with Crippen LogP contribution in [0.4, 0.5) is 0 Å². The molecule has 4 nitrogen and oxygen atoms in total. The van der Waals surface area contributed by atoms with Gasteiger partial charge < -0.3 is 15.9 Å². The second kappa shape index (κ2) is 3.77. The molecule has 0 aliphatic rings. The summed E-state index contributed by atoms with van der Waals surface area (Å²) >= 11 is 0. The van der Waals surface area contributed by atoms with Gasteiger partial charge in [-0.05, 0) is 30.7 Å². The van der Waals surface area contributed by atoms with Crippen LogP contribution in [0.2, 0.25) is 0 Å². The third-order valence-electron chi connectivity index (χ3n) is 2.26. The molecule has 2 aromatic rings. The van der Waals surface area contributed by atoms with Crippen molar-refractivity contribution in [3.8, 4) is 0 Å². The smallest absolute Gasteiger partial charge is 0.181 e. The van der Waals surface area contributed by atoms with Crippen molar-refractivity contribution in [2.24, 2.45) is 11.5 Å². The molecule has 74 valence electrons. The Hall–Kier alpha value is -1.39. The maximum absolute atomic E-state index is 5.92. The van der Waals surface area contributed by atoms with Crippen molar-refractivity contribution in [1.82, 2.24) is 4.98 Å². The summed E-state index contributed by atoms with van der Waals surface area (Å²) in [4.78, 5) is 4.03. The van der Waals surface area contributed by atoms with Crippen LogP contribution in [0.5, 0.6) is 0 Å². The minimum atomic E-state index is -0.0190. The fourth-order valence-electron chi connectivity index (χ4n) is 1.45. The highest BCUT2D eigenvalue weighted by atomic mass is 16.3. The molecule has 0 saturated heterocycles. The zero-order valence-corrected chi connectivity index (χ0v) is 7.81.